The molecular formula is C34H44N2O5. The SMILES string of the molecule is COc1ccccc1COCCCOc1ccc(C2CCNCC2OCc2ccc3c(c2)N(CCO)CCC3)cc1. The number of β-amino-alcohol motifs (C(OH)–C–C–N with tert-alkyl or cyclic N) is 1. The van der Waals surface area contributed by atoms with Crippen LogP contribution in [0.5, 0.6) is 11.5 Å². The van der Waals surface area contributed by atoms with E-state index >= 15 is 0 Å². The zero-order valence-corrected chi connectivity index (χ0v) is 24.2. The van der Waals surface area contributed by atoms with E-state index in [0.29, 0.717) is 38.9 Å². The topological polar surface area (TPSA) is 72.4 Å². The molecule has 2 N–H and O–H groups in total. The van der Waals surface area contributed by atoms with E-state index in [1.165, 1.54) is 22.4 Å². The predicted octanol–water partition coefficient (Wildman–Crippen LogP) is 5.09. The summed E-state index contributed by atoms with van der Waals surface area (Å²) >= 11 is 0. The Bertz CT molecular complexity index is 1220. The molecule has 2 atom stereocenters. The van der Waals surface area contributed by atoms with Gasteiger partial charge >= 0.3 is 0 Å². The fourth-order valence-corrected chi connectivity index (χ4v) is 5.90. The zero-order valence-electron chi connectivity index (χ0n) is 24.2. The number of aliphatic hydroxyl groups excluding tert-OH is 1. The molecule has 0 bridgehead atoms. The third-order valence-electron chi connectivity index (χ3n) is 8.09. The quantitative estimate of drug-likeness (QED) is 0.266. The number of nitrogens with zero attached hydrogens (tertiary/aromatic N) is 1. The molecule has 0 radical (unpaired) electrons. The zero-order chi connectivity index (χ0) is 28.3. The van der Waals surface area contributed by atoms with Crippen molar-refractivity contribution in [1.29, 1.82) is 0 Å². The molecule has 7 nitrogen and oxygen atoms in total. The molecule has 7 heteroatoms. The average Bonchev–Trinajstić information content (AvgIpc) is 3.02. The van der Waals surface area contributed by atoms with Crippen LogP contribution in [0, 0.1) is 0 Å². The van der Waals surface area contributed by atoms with Crippen LogP contribution in [0.1, 0.15) is 47.4 Å². The maximum absolute atomic E-state index is 9.48. The Morgan fingerprint density at radius 2 is 1.88 bits per heavy atom. The summed E-state index contributed by atoms with van der Waals surface area (Å²) < 4.78 is 23.7. The highest BCUT2D eigenvalue weighted by Crippen LogP contribution is 2.32. The van der Waals surface area contributed by atoms with Crippen LogP contribution in [0.15, 0.2) is 66.7 Å². The molecule has 220 valence electrons. The fraction of sp³-hybridized carbons (Fsp3) is 0.471. The number of benzene rings is 3. The monoisotopic (exact) mass is 560 g/mol. The largest absolute Gasteiger partial charge is 0.496 e. The number of ether oxygens (including phenoxy) is 4. The summed E-state index contributed by atoms with van der Waals surface area (Å²) in [5, 5.41) is 13.0. The molecule has 41 heavy (non-hydrogen) atoms. The van der Waals surface area contributed by atoms with Crippen molar-refractivity contribution in [2.24, 2.45) is 0 Å². The van der Waals surface area contributed by atoms with Crippen LogP contribution in [0.4, 0.5) is 5.69 Å². The van der Waals surface area contributed by atoms with Crippen molar-refractivity contribution in [3.8, 4) is 11.5 Å². The van der Waals surface area contributed by atoms with Gasteiger partial charge in [0.25, 0.3) is 0 Å². The van der Waals surface area contributed by atoms with Gasteiger partial charge < -0.3 is 34.3 Å². The molecule has 0 saturated carbocycles. The van der Waals surface area contributed by atoms with E-state index in [1.54, 1.807) is 7.11 Å². The lowest BCUT2D eigenvalue weighted by molar-refractivity contribution is 0.0106. The maximum atomic E-state index is 9.48. The minimum absolute atomic E-state index is 0.112. The van der Waals surface area contributed by atoms with Gasteiger partial charge in [0.1, 0.15) is 11.5 Å². The van der Waals surface area contributed by atoms with Gasteiger partial charge in [-0.2, -0.15) is 0 Å². The molecule has 2 aliphatic rings. The molecule has 0 spiro atoms. The molecule has 3 aromatic carbocycles. The number of aryl methyl sites for hydroxylation is 1. The van der Waals surface area contributed by atoms with Crippen molar-refractivity contribution in [1.82, 2.24) is 5.32 Å². The lowest BCUT2D eigenvalue weighted by atomic mass is 9.87. The average molecular weight is 561 g/mol. The van der Waals surface area contributed by atoms with Crippen LogP contribution in [-0.4, -0.2) is 64.3 Å². The number of nitrogens with one attached hydrogen (secondary N) is 1. The Morgan fingerprint density at radius 3 is 2.73 bits per heavy atom. The fourth-order valence-electron chi connectivity index (χ4n) is 5.90. The Hall–Kier alpha value is -3.10. The molecule has 3 aromatic rings. The van der Waals surface area contributed by atoms with Gasteiger partial charge in [-0.3, -0.25) is 0 Å². The van der Waals surface area contributed by atoms with Crippen LogP contribution >= 0.6 is 0 Å². The summed E-state index contributed by atoms with van der Waals surface area (Å²) in [5.41, 5.74) is 6.16. The number of aliphatic hydroxyl groups is 1. The first-order chi connectivity index (χ1) is 20.2. The van der Waals surface area contributed by atoms with E-state index in [4.69, 9.17) is 18.9 Å². The van der Waals surface area contributed by atoms with E-state index in [-0.39, 0.29) is 12.7 Å². The Morgan fingerprint density at radius 1 is 1.00 bits per heavy atom. The number of piperidine rings is 1. The lowest BCUT2D eigenvalue weighted by Gasteiger charge is -2.33. The second-order valence-electron chi connectivity index (χ2n) is 10.9. The van der Waals surface area contributed by atoms with Crippen molar-refractivity contribution in [3.63, 3.8) is 0 Å². The van der Waals surface area contributed by atoms with E-state index in [2.05, 4.69) is 52.7 Å². The van der Waals surface area contributed by atoms with Gasteiger partial charge in [-0.25, -0.2) is 0 Å². The van der Waals surface area contributed by atoms with Crippen molar-refractivity contribution in [3.05, 3.63) is 89.0 Å². The molecule has 0 aromatic heterocycles. The molecule has 0 aliphatic carbocycles. The van der Waals surface area contributed by atoms with Crippen molar-refractivity contribution in [2.75, 3.05) is 58.0 Å². The van der Waals surface area contributed by atoms with Crippen LogP contribution in [0.3, 0.4) is 0 Å². The second kappa shape index (κ2) is 15.2. The summed E-state index contributed by atoms with van der Waals surface area (Å²) in [4.78, 5) is 2.30. The lowest BCUT2D eigenvalue weighted by Crippen LogP contribution is -2.41. The summed E-state index contributed by atoms with van der Waals surface area (Å²) in [5.74, 6) is 2.08. The Labute approximate surface area is 244 Å². The maximum Gasteiger partial charge on any atom is 0.124 e. The van der Waals surface area contributed by atoms with Gasteiger partial charge in [-0.15, -0.1) is 0 Å². The first-order valence-corrected chi connectivity index (χ1v) is 15.0. The number of hydrogen-bond acceptors (Lipinski definition) is 7. The number of hydrogen-bond donors (Lipinski definition) is 2. The number of para-hydroxylation sites is 1. The van der Waals surface area contributed by atoms with Crippen molar-refractivity contribution < 1.29 is 24.1 Å². The van der Waals surface area contributed by atoms with Crippen LogP contribution < -0.4 is 19.7 Å². The highest BCUT2D eigenvalue weighted by molar-refractivity contribution is 5.57. The van der Waals surface area contributed by atoms with Crippen LogP contribution in [0.25, 0.3) is 0 Å². The van der Waals surface area contributed by atoms with E-state index in [0.717, 1.165) is 62.4 Å². The molecule has 1 fully saturated rings. The third-order valence-corrected chi connectivity index (χ3v) is 8.09. The first kappa shape index (κ1) is 29.4. The number of fused-ring (bicyclic) bond motifs is 1. The second-order valence-corrected chi connectivity index (χ2v) is 10.9. The molecule has 2 aliphatic heterocycles. The van der Waals surface area contributed by atoms with Crippen LogP contribution in [0.2, 0.25) is 0 Å². The smallest absolute Gasteiger partial charge is 0.124 e. The molecular weight excluding hydrogens is 516 g/mol. The standard InChI is InChI=1S/C34H44N2O5/c1-38-33-8-3-2-6-29(33)25-39-20-5-21-40-30-13-11-27(12-14-30)31-15-16-35-23-34(31)41-24-26-9-10-28-7-4-17-36(18-19-37)32(28)22-26/h2-3,6,8-14,22,31,34-35,37H,4-5,7,15-21,23-25H2,1H3. The normalized spacial score (nSPS) is 18.6. The summed E-state index contributed by atoms with van der Waals surface area (Å²) in [6, 6.07) is 23.1. The van der Waals surface area contributed by atoms with Crippen LogP contribution in [-0.2, 0) is 29.1 Å². The summed E-state index contributed by atoms with van der Waals surface area (Å²) in [6.45, 7) is 6.07. The van der Waals surface area contributed by atoms with Gasteiger partial charge in [0.15, 0.2) is 0 Å². The molecule has 2 heterocycles. The van der Waals surface area contributed by atoms with Crippen molar-refractivity contribution >= 4 is 5.69 Å². The molecule has 0 amide bonds. The van der Waals surface area contributed by atoms with Gasteiger partial charge in [0, 0.05) is 43.2 Å². The Balaban J connectivity index is 1.08. The summed E-state index contributed by atoms with van der Waals surface area (Å²) in [6.07, 6.45) is 4.22. The van der Waals surface area contributed by atoms with Gasteiger partial charge in [-0.05, 0) is 66.8 Å². The van der Waals surface area contributed by atoms with Gasteiger partial charge in [0.2, 0.25) is 0 Å². The third kappa shape index (κ3) is 8.01. The molecule has 5 rings (SSSR count). The summed E-state index contributed by atoms with van der Waals surface area (Å²) in [7, 11) is 1.68. The number of methoxy groups -OCH3 is 1. The van der Waals surface area contributed by atoms with Gasteiger partial charge in [-0.1, -0.05) is 42.5 Å². The van der Waals surface area contributed by atoms with Crippen molar-refractivity contribution in [2.45, 2.75) is 50.9 Å². The minimum atomic E-state index is 0.112. The number of anilines is 1. The van der Waals surface area contributed by atoms with E-state index in [9.17, 15) is 5.11 Å². The Kier molecular flexibility index (Phi) is 10.9. The molecule has 2 unspecified atom stereocenters. The van der Waals surface area contributed by atoms with E-state index < -0.39 is 0 Å². The first-order valence-electron chi connectivity index (χ1n) is 15.0. The minimum Gasteiger partial charge on any atom is -0.496 e. The van der Waals surface area contributed by atoms with E-state index in [1.807, 2.05) is 24.3 Å². The highest BCUT2D eigenvalue weighted by Gasteiger charge is 2.27. The predicted molar refractivity (Wildman–Crippen MR) is 162 cm³/mol. The number of rotatable bonds is 14. The molecule has 1 saturated heterocycles. The highest BCUT2D eigenvalue weighted by atomic mass is 16.5. The van der Waals surface area contributed by atoms with Gasteiger partial charge in [0.05, 0.1) is 46.2 Å².